The second-order valence-electron chi connectivity index (χ2n) is 15.8. The standard InChI is InChI=1S/C60H44N4/c1-7-22-45(23-8-1)56-38-21-39-58-57-41-40-55(44-59(57)64(60(56)58)50-32-17-6-18-33-50)63(53-36-19-34-51(42-53)61(46-24-9-2-10-25-46)47-26-11-3-12-27-47)54-37-20-35-52(43-54)62(48-28-13-4-14-29-48)49-30-15-5-16-31-49/h1-44H. The molecule has 0 unspecified atom stereocenters. The van der Waals surface area contributed by atoms with Crippen molar-refractivity contribution in [2.75, 3.05) is 14.7 Å². The number of benzene rings is 10. The highest BCUT2D eigenvalue weighted by molar-refractivity contribution is 6.14. The number of hydrogen-bond donors (Lipinski definition) is 0. The maximum Gasteiger partial charge on any atom is 0.0619 e. The number of aromatic nitrogens is 1. The lowest BCUT2D eigenvalue weighted by atomic mass is 10.0. The van der Waals surface area contributed by atoms with Gasteiger partial charge in [-0.25, -0.2) is 0 Å². The van der Waals surface area contributed by atoms with Gasteiger partial charge in [-0.3, -0.25) is 0 Å². The Kier molecular flexibility index (Phi) is 10.2. The van der Waals surface area contributed by atoms with Crippen LogP contribution >= 0.6 is 0 Å². The maximum atomic E-state index is 2.45. The molecule has 11 rings (SSSR count). The summed E-state index contributed by atoms with van der Waals surface area (Å²) in [7, 11) is 0. The van der Waals surface area contributed by atoms with E-state index in [-0.39, 0.29) is 0 Å². The first-order valence-corrected chi connectivity index (χ1v) is 21.8. The summed E-state index contributed by atoms with van der Waals surface area (Å²) in [6, 6.07) is 95.4. The molecule has 0 aliphatic heterocycles. The van der Waals surface area contributed by atoms with Crippen molar-refractivity contribution >= 4 is 73.0 Å². The van der Waals surface area contributed by atoms with Crippen LogP contribution in [0.3, 0.4) is 0 Å². The minimum Gasteiger partial charge on any atom is -0.310 e. The molecule has 10 aromatic carbocycles. The van der Waals surface area contributed by atoms with Crippen LogP contribution in [0.15, 0.2) is 267 Å². The lowest BCUT2D eigenvalue weighted by molar-refractivity contribution is 1.18. The monoisotopic (exact) mass is 820 g/mol. The third-order valence-electron chi connectivity index (χ3n) is 11.9. The maximum absolute atomic E-state index is 2.45. The summed E-state index contributed by atoms with van der Waals surface area (Å²) in [6.07, 6.45) is 0. The van der Waals surface area contributed by atoms with Crippen LogP contribution in [0.5, 0.6) is 0 Å². The Labute approximate surface area is 374 Å². The lowest BCUT2D eigenvalue weighted by Crippen LogP contribution is -2.14. The number of anilines is 9. The van der Waals surface area contributed by atoms with Crippen molar-refractivity contribution in [1.82, 2.24) is 4.57 Å². The number of rotatable bonds is 11. The van der Waals surface area contributed by atoms with Gasteiger partial charge in [0.1, 0.15) is 0 Å². The smallest absolute Gasteiger partial charge is 0.0619 e. The van der Waals surface area contributed by atoms with Crippen molar-refractivity contribution in [3.63, 3.8) is 0 Å². The normalized spacial score (nSPS) is 11.1. The molecular formula is C60H44N4. The molecule has 0 radical (unpaired) electrons. The van der Waals surface area contributed by atoms with Crippen LogP contribution in [0.1, 0.15) is 0 Å². The fourth-order valence-electron chi connectivity index (χ4n) is 9.08. The summed E-state index contributed by atoms with van der Waals surface area (Å²) < 4.78 is 2.45. The molecular weight excluding hydrogens is 777 g/mol. The summed E-state index contributed by atoms with van der Waals surface area (Å²) in [4.78, 5) is 7.05. The van der Waals surface area contributed by atoms with Gasteiger partial charge in [0, 0.05) is 73.2 Å². The van der Waals surface area contributed by atoms with Crippen molar-refractivity contribution in [1.29, 1.82) is 0 Å². The predicted molar refractivity (Wildman–Crippen MR) is 270 cm³/mol. The van der Waals surface area contributed by atoms with E-state index in [1.54, 1.807) is 0 Å². The van der Waals surface area contributed by atoms with Gasteiger partial charge in [-0.1, -0.05) is 158 Å². The zero-order valence-corrected chi connectivity index (χ0v) is 35.2. The third-order valence-corrected chi connectivity index (χ3v) is 11.9. The van der Waals surface area contributed by atoms with E-state index in [0.717, 1.165) is 62.4 Å². The van der Waals surface area contributed by atoms with E-state index >= 15 is 0 Å². The highest BCUT2D eigenvalue weighted by Crippen LogP contribution is 2.45. The first-order chi connectivity index (χ1) is 31.8. The van der Waals surface area contributed by atoms with Gasteiger partial charge in [0.15, 0.2) is 0 Å². The van der Waals surface area contributed by atoms with Crippen LogP contribution in [-0.4, -0.2) is 4.57 Å². The van der Waals surface area contributed by atoms with E-state index in [1.807, 2.05) is 0 Å². The minimum absolute atomic E-state index is 1.03. The molecule has 0 amide bonds. The van der Waals surface area contributed by atoms with Gasteiger partial charge >= 0.3 is 0 Å². The van der Waals surface area contributed by atoms with Gasteiger partial charge in [0.25, 0.3) is 0 Å². The Balaban J connectivity index is 1.16. The lowest BCUT2D eigenvalue weighted by Gasteiger charge is -2.31. The molecule has 0 saturated carbocycles. The fourth-order valence-corrected chi connectivity index (χ4v) is 9.08. The second kappa shape index (κ2) is 17.0. The summed E-state index contributed by atoms with van der Waals surface area (Å²) in [6.45, 7) is 0. The summed E-state index contributed by atoms with van der Waals surface area (Å²) in [5.41, 5.74) is 15.4. The quantitative estimate of drug-likeness (QED) is 0.129. The molecule has 0 atom stereocenters. The number of hydrogen-bond acceptors (Lipinski definition) is 3. The molecule has 0 saturated heterocycles. The first-order valence-electron chi connectivity index (χ1n) is 21.8. The van der Waals surface area contributed by atoms with Crippen molar-refractivity contribution in [2.45, 2.75) is 0 Å². The predicted octanol–water partition coefficient (Wildman–Crippen LogP) is 16.9. The molecule has 0 bridgehead atoms. The molecule has 64 heavy (non-hydrogen) atoms. The van der Waals surface area contributed by atoms with Gasteiger partial charge in [0.05, 0.1) is 11.0 Å². The second-order valence-corrected chi connectivity index (χ2v) is 15.8. The first kappa shape index (κ1) is 38.3. The minimum atomic E-state index is 1.03. The van der Waals surface area contributed by atoms with E-state index in [1.165, 1.54) is 27.4 Å². The molecule has 11 aromatic rings. The number of fused-ring (bicyclic) bond motifs is 3. The highest BCUT2D eigenvalue weighted by atomic mass is 15.2. The van der Waals surface area contributed by atoms with E-state index in [0.29, 0.717) is 0 Å². The molecule has 0 N–H and O–H groups in total. The molecule has 0 fully saturated rings. The van der Waals surface area contributed by atoms with Crippen LogP contribution in [0, 0.1) is 0 Å². The van der Waals surface area contributed by atoms with Gasteiger partial charge < -0.3 is 19.3 Å². The summed E-state index contributed by atoms with van der Waals surface area (Å²) in [5, 5.41) is 2.41. The van der Waals surface area contributed by atoms with Crippen molar-refractivity contribution in [2.24, 2.45) is 0 Å². The summed E-state index contributed by atoms with van der Waals surface area (Å²) in [5.74, 6) is 0. The van der Waals surface area contributed by atoms with Crippen LogP contribution in [-0.2, 0) is 0 Å². The van der Waals surface area contributed by atoms with Crippen molar-refractivity contribution < 1.29 is 0 Å². The molecule has 0 aliphatic carbocycles. The molecule has 1 aromatic heterocycles. The number of para-hydroxylation sites is 6. The van der Waals surface area contributed by atoms with Crippen LogP contribution in [0.2, 0.25) is 0 Å². The third kappa shape index (κ3) is 7.23. The molecule has 304 valence electrons. The van der Waals surface area contributed by atoms with Crippen LogP contribution in [0.25, 0.3) is 38.6 Å². The van der Waals surface area contributed by atoms with Crippen LogP contribution in [0.4, 0.5) is 51.2 Å². The highest BCUT2D eigenvalue weighted by Gasteiger charge is 2.22. The van der Waals surface area contributed by atoms with E-state index in [4.69, 9.17) is 0 Å². The number of nitrogens with zero attached hydrogens (tertiary/aromatic N) is 4. The molecule has 0 aliphatic rings. The average Bonchev–Trinajstić information content (AvgIpc) is 3.70. The molecule has 4 nitrogen and oxygen atoms in total. The SMILES string of the molecule is c1ccc(-c2cccc3c4ccc(N(c5cccc(N(c6ccccc6)c6ccccc6)c5)c5cccc(N(c6ccccc6)c6ccccc6)c5)cc4n(-c4ccccc4)c23)cc1. The zero-order valence-electron chi connectivity index (χ0n) is 35.2. The Morgan fingerprint density at radius 1 is 0.250 bits per heavy atom. The molecule has 0 spiro atoms. The Bertz CT molecular complexity index is 3110. The van der Waals surface area contributed by atoms with Crippen molar-refractivity contribution in [3.05, 3.63) is 267 Å². The fraction of sp³-hybridized carbons (Fsp3) is 0. The molecule has 1 heterocycles. The zero-order chi connectivity index (χ0) is 42.7. The summed E-state index contributed by atoms with van der Waals surface area (Å²) >= 11 is 0. The van der Waals surface area contributed by atoms with E-state index in [9.17, 15) is 0 Å². The average molecular weight is 821 g/mol. The molecule has 4 heteroatoms. The topological polar surface area (TPSA) is 14.7 Å². The Morgan fingerprint density at radius 3 is 1.06 bits per heavy atom. The van der Waals surface area contributed by atoms with Crippen LogP contribution < -0.4 is 14.7 Å². The Hall–Kier alpha value is -8.60. The van der Waals surface area contributed by atoms with Gasteiger partial charge in [-0.15, -0.1) is 0 Å². The largest absolute Gasteiger partial charge is 0.310 e. The van der Waals surface area contributed by atoms with Gasteiger partial charge in [-0.05, 0) is 115 Å². The van der Waals surface area contributed by atoms with E-state index < -0.39 is 0 Å². The van der Waals surface area contributed by atoms with Crippen molar-refractivity contribution in [3.8, 4) is 16.8 Å². The Morgan fingerprint density at radius 2 is 0.609 bits per heavy atom. The van der Waals surface area contributed by atoms with E-state index in [2.05, 4.69) is 286 Å². The van der Waals surface area contributed by atoms with Gasteiger partial charge in [0.2, 0.25) is 0 Å². The van der Waals surface area contributed by atoms with Gasteiger partial charge in [-0.2, -0.15) is 0 Å².